The smallest absolute Gasteiger partial charge is 0.129 e. The molecule has 0 saturated heterocycles. The Morgan fingerprint density at radius 1 is 1.33 bits per heavy atom. The van der Waals surface area contributed by atoms with Crippen LogP contribution in [0.3, 0.4) is 0 Å². The predicted molar refractivity (Wildman–Crippen MR) is 88.1 cm³/mol. The molecule has 3 heteroatoms. The van der Waals surface area contributed by atoms with Crippen LogP contribution < -0.4 is 4.74 Å². The molecule has 2 aromatic rings. The Morgan fingerprint density at radius 3 is 2.86 bits per heavy atom. The first-order chi connectivity index (χ1) is 10.2. The van der Waals surface area contributed by atoms with Gasteiger partial charge in [-0.1, -0.05) is 18.2 Å². The number of benzene rings is 1. The number of methoxy groups -OCH3 is 1. The topological polar surface area (TPSA) is 34.2 Å². The van der Waals surface area contributed by atoms with Crippen LogP contribution >= 0.6 is 0 Å². The summed E-state index contributed by atoms with van der Waals surface area (Å²) in [5.74, 6) is 0.933. The fraction of sp³-hybridized carbons (Fsp3) is 0.444. The summed E-state index contributed by atoms with van der Waals surface area (Å²) in [4.78, 5) is 3.52. The standard InChI is InChI=1S/C18H25NO2/c1-5-6-7-9-15-14(3)18-16(19-15)10-8-11-17(18)21-12-13(2)20-4/h5-6,8,10-11,13,19H,7,9,12H2,1-4H3/b6-5-. The number of aryl methyl sites for hydroxylation is 2. The van der Waals surface area contributed by atoms with Gasteiger partial charge in [-0.05, 0) is 51.3 Å². The van der Waals surface area contributed by atoms with E-state index in [1.807, 2.05) is 19.1 Å². The van der Waals surface area contributed by atoms with Crippen molar-refractivity contribution < 1.29 is 9.47 Å². The van der Waals surface area contributed by atoms with Gasteiger partial charge < -0.3 is 14.5 Å². The molecular formula is C18H25NO2. The molecule has 1 aromatic heterocycles. The number of hydrogen-bond donors (Lipinski definition) is 1. The van der Waals surface area contributed by atoms with Gasteiger partial charge >= 0.3 is 0 Å². The average molecular weight is 287 g/mol. The van der Waals surface area contributed by atoms with Gasteiger partial charge in [0.25, 0.3) is 0 Å². The van der Waals surface area contributed by atoms with Crippen molar-refractivity contribution in [1.29, 1.82) is 0 Å². The van der Waals surface area contributed by atoms with Gasteiger partial charge in [-0.2, -0.15) is 0 Å². The van der Waals surface area contributed by atoms with E-state index in [9.17, 15) is 0 Å². The average Bonchev–Trinajstić information content (AvgIpc) is 2.82. The molecule has 0 spiro atoms. The minimum atomic E-state index is 0.0914. The third kappa shape index (κ3) is 3.67. The van der Waals surface area contributed by atoms with E-state index in [2.05, 4.69) is 37.0 Å². The second-order valence-electron chi connectivity index (χ2n) is 5.37. The SMILES string of the molecule is C/C=C\CCc1[nH]c2cccc(OCC(C)OC)c2c1C. The molecule has 0 radical (unpaired) electrons. The lowest BCUT2D eigenvalue weighted by Crippen LogP contribution is -2.16. The maximum absolute atomic E-state index is 5.93. The lowest BCUT2D eigenvalue weighted by Gasteiger charge is -2.12. The number of aromatic amines is 1. The van der Waals surface area contributed by atoms with E-state index in [4.69, 9.17) is 9.47 Å². The number of hydrogen-bond acceptors (Lipinski definition) is 2. The van der Waals surface area contributed by atoms with Crippen LogP contribution in [0.1, 0.15) is 31.5 Å². The number of rotatable bonds is 7. The van der Waals surface area contributed by atoms with E-state index in [1.165, 1.54) is 16.6 Å². The highest BCUT2D eigenvalue weighted by atomic mass is 16.5. The second-order valence-corrected chi connectivity index (χ2v) is 5.37. The number of ether oxygens (including phenoxy) is 2. The van der Waals surface area contributed by atoms with Gasteiger partial charge in [0.15, 0.2) is 0 Å². The van der Waals surface area contributed by atoms with Crippen molar-refractivity contribution in [3.63, 3.8) is 0 Å². The van der Waals surface area contributed by atoms with Crippen LogP contribution in [0, 0.1) is 6.92 Å². The molecule has 1 heterocycles. The molecule has 0 amide bonds. The lowest BCUT2D eigenvalue weighted by molar-refractivity contribution is 0.0722. The summed E-state index contributed by atoms with van der Waals surface area (Å²) in [7, 11) is 1.70. The molecule has 3 nitrogen and oxygen atoms in total. The van der Waals surface area contributed by atoms with Crippen molar-refractivity contribution >= 4 is 10.9 Å². The predicted octanol–water partition coefficient (Wildman–Crippen LogP) is 4.40. The van der Waals surface area contributed by atoms with E-state index >= 15 is 0 Å². The molecule has 0 fully saturated rings. The second kappa shape index (κ2) is 7.32. The fourth-order valence-electron chi connectivity index (χ4n) is 2.47. The van der Waals surface area contributed by atoms with Crippen molar-refractivity contribution in [3.8, 4) is 5.75 Å². The van der Waals surface area contributed by atoms with Gasteiger partial charge in [0, 0.05) is 23.7 Å². The zero-order valence-electron chi connectivity index (χ0n) is 13.4. The van der Waals surface area contributed by atoms with Gasteiger partial charge in [-0.25, -0.2) is 0 Å². The number of allylic oxidation sites excluding steroid dienone is 2. The van der Waals surface area contributed by atoms with E-state index in [-0.39, 0.29) is 6.10 Å². The van der Waals surface area contributed by atoms with Crippen molar-refractivity contribution in [2.24, 2.45) is 0 Å². The summed E-state index contributed by atoms with van der Waals surface area (Å²) in [6.07, 6.45) is 6.47. The molecule has 0 aliphatic heterocycles. The molecule has 0 aliphatic rings. The zero-order chi connectivity index (χ0) is 15.2. The van der Waals surface area contributed by atoms with E-state index < -0.39 is 0 Å². The largest absolute Gasteiger partial charge is 0.490 e. The Balaban J connectivity index is 2.26. The van der Waals surface area contributed by atoms with Gasteiger partial charge in [-0.3, -0.25) is 0 Å². The van der Waals surface area contributed by atoms with Crippen LogP contribution in [0.15, 0.2) is 30.4 Å². The van der Waals surface area contributed by atoms with Gasteiger partial charge in [0.1, 0.15) is 12.4 Å². The summed E-state index contributed by atoms with van der Waals surface area (Å²) in [5.41, 5.74) is 3.72. The molecule has 1 N–H and O–H groups in total. The van der Waals surface area contributed by atoms with Gasteiger partial charge in [-0.15, -0.1) is 0 Å². The molecule has 2 rings (SSSR count). The fourth-order valence-corrected chi connectivity index (χ4v) is 2.47. The van der Waals surface area contributed by atoms with Crippen LogP contribution in [0.25, 0.3) is 10.9 Å². The molecular weight excluding hydrogens is 262 g/mol. The van der Waals surface area contributed by atoms with Crippen LogP contribution in [-0.2, 0) is 11.2 Å². The van der Waals surface area contributed by atoms with Gasteiger partial charge in [0.2, 0.25) is 0 Å². The number of fused-ring (bicyclic) bond motifs is 1. The molecule has 1 aromatic carbocycles. The van der Waals surface area contributed by atoms with Crippen molar-refractivity contribution in [2.75, 3.05) is 13.7 Å². The van der Waals surface area contributed by atoms with Crippen molar-refractivity contribution in [1.82, 2.24) is 4.98 Å². The lowest BCUT2D eigenvalue weighted by atomic mass is 10.1. The Kier molecular flexibility index (Phi) is 5.45. The Morgan fingerprint density at radius 2 is 2.14 bits per heavy atom. The summed E-state index contributed by atoms with van der Waals surface area (Å²) in [5, 5.41) is 1.19. The Labute approximate surface area is 127 Å². The number of nitrogens with one attached hydrogen (secondary N) is 1. The Hall–Kier alpha value is -1.74. The van der Waals surface area contributed by atoms with Crippen molar-refractivity contribution in [3.05, 3.63) is 41.6 Å². The molecule has 0 aliphatic carbocycles. The zero-order valence-corrected chi connectivity index (χ0v) is 13.4. The third-order valence-electron chi connectivity index (χ3n) is 3.81. The molecule has 1 unspecified atom stereocenters. The van der Waals surface area contributed by atoms with E-state index in [1.54, 1.807) is 7.11 Å². The number of H-pyrrole nitrogens is 1. The summed E-state index contributed by atoms with van der Waals surface area (Å²) in [6, 6.07) is 6.16. The summed E-state index contributed by atoms with van der Waals surface area (Å²) in [6.45, 7) is 6.79. The van der Waals surface area contributed by atoms with Crippen LogP contribution in [0.4, 0.5) is 0 Å². The molecule has 114 valence electrons. The van der Waals surface area contributed by atoms with Crippen LogP contribution in [0.5, 0.6) is 5.75 Å². The highest BCUT2D eigenvalue weighted by Gasteiger charge is 2.12. The third-order valence-corrected chi connectivity index (χ3v) is 3.81. The van der Waals surface area contributed by atoms with Crippen molar-refractivity contribution in [2.45, 2.75) is 39.7 Å². The van der Waals surface area contributed by atoms with Gasteiger partial charge in [0.05, 0.1) is 6.10 Å². The van der Waals surface area contributed by atoms with E-state index in [0.29, 0.717) is 6.61 Å². The quantitative estimate of drug-likeness (QED) is 0.766. The maximum atomic E-state index is 5.93. The molecule has 21 heavy (non-hydrogen) atoms. The Bertz CT molecular complexity index is 613. The first-order valence-corrected chi connectivity index (χ1v) is 7.54. The first kappa shape index (κ1) is 15.6. The highest BCUT2D eigenvalue weighted by Crippen LogP contribution is 2.31. The summed E-state index contributed by atoms with van der Waals surface area (Å²) >= 11 is 0. The molecule has 0 bridgehead atoms. The molecule has 0 saturated carbocycles. The minimum absolute atomic E-state index is 0.0914. The van der Waals surface area contributed by atoms with Crippen LogP contribution in [-0.4, -0.2) is 24.8 Å². The number of aromatic nitrogens is 1. The highest BCUT2D eigenvalue weighted by molar-refractivity contribution is 5.90. The molecule has 1 atom stereocenters. The maximum Gasteiger partial charge on any atom is 0.129 e. The minimum Gasteiger partial charge on any atom is -0.490 e. The normalized spacial score (nSPS) is 13.1. The summed E-state index contributed by atoms with van der Waals surface area (Å²) < 4.78 is 11.2. The monoisotopic (exact) mass is 287 g/mol. The van der Waals surface area contributed by atoms with Crippen LogP contribution in [0.2, 0.25) is 0 Å². The first-order valence-electron chi connectivity index (χ1n) is 7.54. The van der Waals surface area contributed by atoms with E-state index in [0.717, 1.165) is 24.1 Å².